The van der Waals surface area contributed by atoms with E-state index in [-0.39, 0.29) is 29.7 Å². The predicted molar refractivity (Wildman–Crippen MR) is 116 cm³/mol. The fourth-order valence-corrected chi connectivity index (χ4v) is 3.35. The molecular formula is C22H29N5O4. The summed E-state index contributed by atoms with van der Waals surface area (Å²) in [5.74, 6) is 0.0687. The number of fused-ring (bicyclic) bond motifs is 1. The molecule has 0 saturated heterocycles. The van der Waals surface area contributed by atoms with E-state index >= 15 is 0 Å². The smallest absolute Gasteiger partial charge is 0.275 e. The van der Waals surface area contributed by atoms with Crippen molar-refractivity contribution in [3.8, 4) is 5.75 Å². The maximum atomic E-state index is 13.1. The molecule has 31 heavy (non-hydrogen) atoms. The Bertz CT molecular complexity index is 908. The summed E-state index contributed by atoms with van der Waals surface area (Å²) in [6.45, 7) is 5.69. The lowest BCUT2D eigenvalue weighted by Crippen LogP contribution is -2.44. The zero-order valence-electron chi connectivity index (χ0n) is 18.3. The fraction of sp³-hybridized carbons (Fsp3) is 0.455. The maximum absolute atomic E-state index is 13.1. The van der Waals surface area contributed by atoms with Crippen molar-refractivity contribution >= 4 is 17.5 Å². The first-order chi connectivity index (χ1) is 14.9. The molecule has 9 nitrogen and oxygen atoms in total. The fourth-order valence-electron chi connectivity index (χ4n) is 3.35. The number of carbonyl (C=O) groups excluding carboxylic acids is 2. The highest BCUT2D eigenvalue weighted by molar-refractivity contribution is 6.03. The quantitative estimate of drug-likeness (QED) is 0.770. The normalized spacial score (nSPS) is 22.5. The number of likely N-dealkylation sites (N-methyl/N-ethyl adjacent to an activating group) is 1. The topological polar surface area (TPSA) is 106 Å². The number of carbonyl (C=O) groups is 2. The molecule has 3 atom stereocenters. The number of methoxy groups -OCH3 is 1. The Morgan fingerprint density at radius 3 is 2.84 bits per heavy atom. The predicted octanol–water partition coefficient (Wildman–Crippen LogP) is 1.82. The third-order valence-electron chi connectivity index (χ3n) is 5.28. The molecule has 0 saturated carbocycles. The summed E-state index contributed by atoms with van der Waals surface area (Å²) in [5, 5.41) is 6.22. The number of rotatable bonds is 3. The van der Waals surface area contributed by atoms with Crippen LogP contribution in [0.3, 0.4) is 0 Å². The monoisotopic (exact) mass is 427 g/mol. The average Bonchev–Trinajstić information content (AvgIpc) is 2.79. The van der Waals surface area contributed by atoms with Gasteiger partial charge in [-0.3, -0.25) is 14.6 Å². The van der Waals surface area contributed by atoms with Gasteiger partial charge in [0.15, 0.2) is 0 Å². The zero-order valence-corrected chi connectivity index (χ0v) is 18.3. The van der Waals surface area contributed by atoms with Crippen LogP contribution in [0.25, 0.3) is 0 Å². The lowest BCUT2D eigenvalue weighted by atomic mass is 10.0. The second kappa shape index (κ2) is 10.3. The minimum Gasteiger partial charge on any atom is -0.491 e. The molecular weight excluding hydrogens is 398 g/mol. The molecule has 2 aromatic rings. The van der Waals surface area contributed by atoms with Crippen LogP contribution < -0.4 is 15.4 Å². The van der Waals surface area contributed by atoms with E-state index in [1.807, 2.05) is 6.92 Å². The molecule has 9 heteroatoms. The van der Waals surface area contributed by atoms with Gasteiger partial charge in [-0.15, -0.1) is 0 Å². The summed E-state index contributed by atoms with van der Waals surface area (Å²) in [4.78, 5) is 35.1. The van der Waals surface area contributed by atoms with Crippen molar-refractivity contribution in [1.29, 1.82) is 0 Å². The van der Waals surface area contributed by atoms with E-state index in [4.69, 9.17) is 9.47 Å². The first-order valence-corrected chi connectivity index (χ1v) is 10.2. The molecule has 0 fully saturated rings. The van der Waals surface area contributed by atoms with Crippen LogP contribution in [0, 0.1) is 5.92 Å². The average molecular weight is 428 g/mol. The molecule has 0 bridgehead atoms. The van der Waals surface area contributed by atoms with Gasteiger partial charge in [0.2, 0.25) is 0 Å². The van der Waals surface area contributed by atoms with Crippen molar-refractivity contribution in [2.24, 2.45) is 5.92 Å². The van der Waals surface area contributed by atoms with Crippen LogP contribution in [-0.2, 0) is 4.74 Å². The number of nitrogens with one attached hydrogen (secondary N) is 2. The number of anilines is 1. The third kappa shape index (κ3) is 5.77. The Morgan fingerprint density at radius 2 is 2.13 bits per heavy atom. The van der Waals surface area contributed by atoms with Gasteiger partial charge in [-0.1, -0.05) is 6.92 Å². The van der Waals surface area contributed by atoms with Crippen molar-refractivity contribution < 1.29 is 19.1 Å². The van der Waals surface area contributed by atoms with E-state index in [2.05, 4.69) is 27.5 Å². The number of amides is 2. The van der Waals surface area contributed by atoms with Crippen LogP contribution in [0.4, 0.5) is 5.69 Å². The summed E-state index contributed by atoms with van der Waals surface area (Å²) in [6.07, 6.45) is 4.24. The van der Waals surface area contributed by atoms with Gasteiger partial charge in [0.25, 0.3) is 11.8 Å². The third-order valence-corrected chi connectivity index (χ3v) is 5.28. The maximum Gasteiger partial charge on any atom is 0.275 e. The second-order valence-electron chi connectivity index (χ2n) is 7.81. The number of nitrogens with zero attached hydrogens (tertiary/aromatic N) is 3. The lowest BCUT2D eigenvalue weighted by Gasteiger charge is -2.30. The van der Waals surface area contributed by atoms with Crippen molar-refractivity contribution in [3.05, 3.63) is 48.0 Å². The molecule has 0 radical (unpaired) electrons. The molecule has 2 N–H and O–H groups in total. The first kappa shape index (κ1) is 22.6. The highest BCUT2D eigenvalue weighted by Gasteiger charge is 2.25. The van der Waals surface area contributed by atoms with Gasteiger partial charge >= 0.3 is 0 Å². The summed E-state index contributed by atoms with van der Waals surface area (Å²) < 4.78 is 11.6. The summed E-state index contributed by atoms with van der Waals surface area (Å²) in [5.41, 5.74) is 1.13. The Kier molecular flexibility index (Phi) is 7.54. The minimum absolute atomic E-state index is 0.0675. The van der Waals surface area contributed by atoms with Crippen molar-refractivity contribution in [1.82, 2.24) is 20.2 Å². The van der Waals surface area contributed by atoms with Crippen molar-refractivity contribution in [2.75, 3.05) is 39.2 Å². The number of hydrogen-bond acceptors (Lipinski definition) is 7. The van der Waals surface area contributed by atoms with Gasteiger partial charge in [0.1, 0.15) is 18.1 Å². The summed E-state index contributed by atoms with van der Waals surface area (Å²) >= 11 is 0. The van der Waals surface area contributed by atoms with Gasteiger partial charge < -0.3 is 25.0 Å². The van der Waals surface area contributed by atoms with Crippen LogP contribution in [0.15, 0.2) is 36.8 Å². The molecule has 3 rings (SSSR count). The molecule has 1 aromatic carbocycles. The lowest BCUT2D eigenvalue weighted by molar-refractivity contribution is 0.0281. The number of aromatic nitrogens is 2. The van der Waals surface area contributed by atoms with Gasteiger partial charge in [-0.25, -0.2) is 4.98 Å². The Hall–Kier alpha value is -3.04. The zero-order chi connectivity index (χ0) is 22.4. The van der Waals surface area contributed by atoms with Gasteiger partial charge in [-0.2, -0.15) is 0 Å². The van der Waals surface area contributed by atoms with Crippen LogP contribution in [0.5, 0.6) is 5.75 Å². The van der Waals surface area contributed by atoms with Crippen LogP contribution in [0.2, 0.25) is 0 Å². The van der Waals surface area contributed by atoms with E-state index in [1.165, 1.54) is 18.6 Å². The minimum atomic E-state index is -0.392. The van der Waals surface area contributed by atoms with E-state index in [0.29, 0.717) is 30.2 Å². The molecule has 166 valence electrons. The van der Waals surface area contributed by atoms with Crippen molar-refractivity contribution in [2.45, 2.75) is 26.0 Å². The molecule has 1 aliphatic rings. The van der Waals surface area contributed by atoms with Crippen LogP contribution in [-0.4, -0.2) is 72.7 Å². The van der Waals surface area contributed by atoms with E-state index in [9.17, 15) is 9.59 Å². The van der Waals surface area contributed by atoms with E-state index < -0.39 is 5.91 Å². The molecule has 1 aromatic heterocycles. The first-order valence-electron chi connectivity index (χ1n) is 10.2. The molecule has 0 aliphatic carbocycles. The highest BCUT2D eigenvalue weighted by atomic mass is 16.5. The molecule has 1 aliphatic heterocycles. The molecule has 0 unspecified atom stereocenters. The van der Waals surface area contributed by atoms with Gasteiger partial charge in [0, 0.05) is 57.4 Å². The summed E-state index contributed by atoms with van der Waals surface area (Å²) in [7, 11) is 3.41. The molecule has 2 amide bonds. The number of benzene rings is 1. The van der Waals surface area contributed by atoms with Crippen LogP contribution >= 0.6 is 0 Å². The second-order valence-corrected chi connectivity index (χ2v) is 7.81. The number of hydrogen-bond donors (Lipinski definition) is 2. The highest BCUT2D eigenvalue weighted by Crippen LogP contribution is 2.26. The Labute approximate surface area is 182 Å². The van der Waals surface area contributed by atoms with Crippen molar-refractivity contribution in [3.63, 3.8) is 0 Å². The van der Waals surface area contributed by atoms with Gasteiger partial charge in [0.05, 0.1) is 17.9 Å². The SMILES string of the molecule is CO[C@H]1CN(C)C(=O)c2ccc(NC(=O)c3cnccn3)cc2OC[C@@H](C)NC[C@H]1C. The molecule has 0 spiro atoms. The standard InChI is InChI=1S/C22H29N5O4/c1-14-10-25-15(2)13-31-19-9-16(26-21(28)18-11-23-7-8-24-18)5-6-17(19)22(29)27(3)12-20(14)30-4/h5-9,11,14-15,20,25H,10,12-13H2,1-4H3,(H,26,28)/t14-,15-,20+/m1/s1. The Morgan fingerprint density at radius 1 is 1.32 bits per heavy atom. The summed E-state index contributed by atoms with van der Waals surface area (Å²) in [6, 6.07) is 5.06. The van der Waals surface area contributed by atoms with E-state index in [0.717, 1.165) is 6.54 Å². The largest absolute Gasteiger partial charge is 0.491 e. The Balaban J connectivity index is 1.87. The molecule has 2 heterocycles. The van der Waals surface area contributed by atoms with Crippen LogP contribution in [0.1, 0.15) is 34.7 Å². The number of ether oxygens (including phenoxy) is 2. The van der Waals surface area contributed by atoms with Gasteiger partial charge in [-0.05, 0) is 25.0 Å². The van der Waals surface area contributed by atoms with E-state index in [1.54, 1.807) is 37.3 Å².